The zero-order valence-corrected chi connectivity index (χ0v) is 10.2. The average Bonchev–Trinajstić information content (AvgIpc) is 2.38. The molecule has 2 aliphatic rings. The molecular formula is C14H18N2O. The smallest absolute Gasteiger partial charge is 0.241 e. The van der Waals surface area contributed by atoms with E-state index in [1.54, 1.807) is 0 Å². The normalized spacial score (nSPS) is 23.2. The number of amides is 1. The first kappa shape index (κ1) is 10.8. The number of para-hydroxylation sites is 1. The summed E-state index contributed by atoms with van der Waals surface area (Å²) in [6.45, 7) is 3.57. The maximum atomic E-state index is 12.1. The zero-order valence-electron chi connectivity index (χ0n) is 10.2. The highest BCUT2D eigenvalue weighted by atomic mass is 16.2. The number of nitrogens with one attached hydrogen (secondary N) is 1. The van der Waals surface area contributed by atoms with Crippen LogP contribution in [0.2, 0.25) is 0 Å². The molecule has 3 nitrogen and oxygen atoms in total. The second-order valence-electron chi connectivity index (χ2n) is 4.87. The van der Waals surface area contributed by atoms with Crippen LogP contribution in [0.1, 0.15) is 24.5 Å². The summed E-state index contributed by atoms with van der Waals surface area (Å²) >= 11 is 0. The Morgan fingerprint density at radius 2 is 2.35 bits per heavy atom. The predicted octanol–water partition coefficient (Wildman–Crippen LogP) is 1.50. The highest BCUT2D eigenvalue weighted by Gasteiger charge is 2.34. The van der Waals surface area contributed by atoms with Crippen LogP contribution < -0.4 is 10.2 Å². The van der Waals surface area contributed by atoms with Gasteiger partial charge in [0.25, 0.3) is 0 Å². The lowest BCUT2D eigenvalue weighted by molar-refractivity contribution is -0.119. The second-order valence-corrected chi connectivity index (χ2v) is 4.87. The number of anilines is 1. The Bertz CT molecular complexity index is 441. The van der Waals surface area contributed by atoms with Crippen LogP contribution in [0.25, 0.3) is 0 Å². The summed E-state index contributed by atoms with van der Waals surface area (Å²) in [5.41, 5.74) is 3.86. The fourth-order valence-corrected chi connectivity index (χ4v) is 3.03. The third kappa shape index (κ3) is 1.65. The van der Waals surface area contributed by atoms with Gasteiger partial charge in [-0.3, -0.25) is 4.79 Å². The third-order valence-corrected chi connectivity index (χ3v) is 3.86. The van der Waals surface area contributed by atoms with E-state index < -0.39 is 0 Å². The lowest BCUT2D eigenvalue weighted by Gasteiger charge is -2.41. The number of carbonyl (C=O) groups is 1. The highest BCUT2D eigenvalue weighted by molar-refractivity contribution is 5.98. The lowest BCUT2D eigenvalue weighted by atomic mass is 9.91. The minimum absolute atomic E-state index is 0.225. The Morgan fingerprint density at radius 1 is 1.47 bits per heavy atom. The highest BCUT2D eigenvalue weighted by Crippen LogP contribution is 2.35. The van der Waals surface area contributed by atoms with Crippen molar-refractivity contribution >= 4 is 11.6 Å². The fourth-order valence-electron chi connectivity index (χ4n) is 3.03. The molecule has 1 atom stereocenters. The van der Waals surface area contributed by atoms with Crippen LogP contribution in [0.5, 0.6) is 0 Å². The molecule has 1 aromatic carbocycles. The lowest BCUT2D eigenvalue weighted by Crippen LogP contribution is -2.57. The first-order valence-electron chi connectivity index (χ1n) is 6.44. The van der Waals surface area contributed by atoms with Crippen LogP contribution in [0.15, 0.2) is 18.2 Å². The topological polar surface area (TPSA) is 32.3 Å². The van der Waals surface area contributed by atoms with Gasteiger partial charge in [0.1, 0.15) is 0 Å². The van der Waals surface area contributed by atoms with Crippen molar-refractivity contribution in [3.8, 4) is 0 Å². The predicted molar refractivity (Wildman–Crippen MR) is 68.3 cm³/mol. The van der Waals surface area contributed by atoms with Crippen molar-refractivity contribution in [3.05, 3.63) is 29.3 Å². The number of benzene rings is 1. The quantitative estimate of drug-likeness (QED) is 0.793. The fraction of sp³-hybridized carbons (Fsp3) is 0.500. The van der Waals surface area contributed by atoms with Crippen LogP contribution in [-0.2, 0) is 17.6 Å². The van der Waals surface area contributed by atoms with E-state index >= 15 is 0 Å². The first-order valence-corrected chi connectivity index (χ1v) is 6.44. The number of fused-ring (bicyclic) bond motifs is 3. The number of carbonyl (C=O) groups excluding carboxylic acids is 1. The summed E-state index contributed by atoms with van der Waals surface area (Å²) < 4.78 is 0. The number of nitrogens with zero attached hydrogens (tertiary/aromatic N) is 1. The van der Waals surface area contributed by atoms with E-state index in [4.69, 9.17) is 0 Å². The van der Waals surface area contributed by atoms with Gasteiger partial charge in [-0.15, -0.1) is 0 Å². The molecule has 1 unspecified atom stereocenters. The van der Waals surface area contributed by atoms with Gasteiger partial charge in [0.15, 0.2) is 0 Å². The molecule has 17 heavy (non-hydrogen) atoms. The van der Waals surface area contributed by atoms with E-state index in [0.29, 0.717) is 12.6 Å². The maximum absolute atomic E-state index is 12.1. The van der Waals surface area contributed by atoms with Gasteiger partial charge in [0, 0.05) is 12.6 Å². The molecule has 2 aliphatic heterocycles. The molecule has 1 N–H and O–H groups in total. The summed E-state index contributed by atoms with van der Waals surface area (Å²) in [4.78, 5) is 14.2. The van der Waals surface area contributed by atoms with Crippen LogP contribution in [0, 0.1) is 0 Å². The minimum Gasteiger partial charge on any atom is -0.306 e. The number of rotatable bonds is 1. The van der Waals surface area contributed by atoms with E-state index in [1.807, 2.05) is 4.90 Å². The maximum Gasteiger partial charge on any atom is 0.241 e. The Labute approximate surface area is 102 Å². The van der Waals surface area contributed by atoms with Crippen LogP contribution in [0.3, 0.4) is 0 Å². The van der Waals surface area contributed by atoms with Gasteiger partial charge >= 0.3 is 0 Å². The van der Waals surface area contributed by atoms with Gasteiger partial charge in [0.05, 0.1) is 12.2 Å². The molecule has 0 aliphatic carbocycles. The molecule has 1 amide bonds. The van der Waals surface area contributed by atoms with Crippen molar-refractivity contribution in [3.63, 3.8) is 0 Å². The van der Waals surface area contributed by atoms with E-state index in [1.165, 1.54) is 16.8 Å². The van der Waals surface area contributed by atoms with E-state index in [9.17, 15) is 4.79 Å². The Morgan fingerprint density at radius 3 is 3.18 bits per heavy atom. The summed E-state index contributed by atoms with van der Waals surface area (Å²) in [6.07, 6.45) is 3.17. The Kier molecular flexibility index (Phi) is 2.63. The molecular weight excluding hydrogens is 212 g/mol. The third-order valence-electron chi connectivity index (χ3n) is 3.86. The molecule has 1 aromatic rings. The van der Waals surface area contributed by atoms with Crippen LogP contribution >= 0.6 is 0 Å². The van der Waals surface area contributed by atoms with E-state index in [-0.39, 0.29) is 5.91 Å². The molecule has 2 heterocycles. The molecule has 0 spiro atoms. The SMILES string of the molecule is CCc1cccc2c1N1C(=O)CNCC1CC2. The number of piperazine rings is 1. The molecule has 3 rings (SSSR count). The monoisotopic (exact) mass is 230 g/mol. The number of hydrogen-bond donors (Lipinski definition) is 1. The molecule has 3 heteroatoms. The van der Waals surface area contributed by atoms with Gasteiger partial charge in [-0.2, -0.15) is 0 Å². The van der Waals surface area contributed by atoms with Crippen molar-refractivity contribution in [1.82, 2.24) is 5.32 Å². The van der Waals surface area contributed by atoms with Crippen molar-refractivity contribution in [2.24, 2.45) is 0 Å². The van der Waals surface area contributed by atoms with Gasteiger partial charge in [-0.05, 0) is 30.4 Å². The van der Waals surface area contributed by atoms with Crippen LogP contribution in [0.4, 0.5) is 5.69 Å². The van der Waals surface area contributed by atoms with Gasteiger partial charge in [-0.25, -0.2) is 0 Å². The van der Waals surface area contributed by atoms with E-state index in [0.717, 1.165) is 25.8 Å². The van der Waals surface area contributed by atoms with Gasteiger partial charge < -0.3 is 10.2 Å². The molecule has 0 aromatic heterocycles. The summed E-state index contributed by atoms with van der Waals surface area (Å²) in [5, 5.41) is 3.21. The standard InChI is InChI=1S/C14H18N2O/c1-2-10-4-3-5-11-6-7-12-8-15-9-13(17)16(12)14(10)11/h3-5,12,15H,2,6-9H2,1H3. The summed E-state index contributed by atoms with van der Waals surface area (Å²) in [6, 6.07) is 6.79. The second kappa shape index (κ2) is 4.15. The van der Waals surface area contributed by atoms with Gasteiger partial charge in [-0.1, -0.05) is 25.1 Å². The molecule has 0 radical (unpaired) electrons. The number of aryl methyl sites for hydroxylation is 2. The van der Waals surface area contributed by atoms with Crippen molar-refractivity contribution in [2.75, 3.05) is 18.0 Å². The molecule has 1 fully saturated rings. The number of hydrogen-bond acceptors (Lipinski definition) is 2. The largest absolute Gasteiger partial charge is 0.306 e. The average molecular weight is 230 g/mol. The summed E-state index contributed by atoms with van der Waals surface area (Å²) in [7, 11) is 0. The minimum atomic E-state index is 0.225. The summed E-state index contributed by atoms with van der Waals surface area (Å²) in [5.74, 6) is 0.225. The Hall–Kier alpha value is -1.35. The van der Waals surface area contributed by atoms with Crippen LogP contribution in [-0.4, -0.2) is 25.0 Å². The first-order chi connectivity index (χ1) is 8.31. The zero-order chi connectivity index (χ0) is 11.8. The molecule has 1 saturated heterocycles. The molecule has 0 bridgehead atoms. The van der Waals surface area contributed by atoms with Crippen molar-refractivity contribution < 1.29 is 4.79 Å². The molecule has 0 saturated carbocycles. The van der Waals surface area contributed by atoms with E-state index in [2.05, 4.69) is 30.4 Å². The van der Waals surface area contributed by atoms with Gasteiger partial charge in [0.2, 0.25) is 5.91 Å². The van der Waals surface area contributed by atoms with Crippen molar-refractivity contribution in [2.45, 2.75) is 32.2 Å². The van der Waals surface area contributed by atoms with Crippen molar-refractivity contribution in [1.29, 1.82) is 0 Å². The molecule has 90 valence electrons. The Balaban J connectivity index is 2.11.